The topological polar surface area (TPSA) is 60.9 Å². The second-order valence-corrected chi connectivity index (χ2v) is 9.46. The molecule has 0 aromatic heterocycles. The molecule has 2 heterocycles. The van der Waals surface area contributed by atoms with Gasteiger partial charge in [-0.3, -0.25) is 9.69 Å². The van der Waals surface area contributed by atoms with Gasteiger partial charge >= 0.3 is 0 Å². The van der Waals surface area contributed by atoms with E-state index in [1.165, 1.54) is 6.42 Å². The highest BCUT2D eigenvalue weighted by atomic mass is 32.2. The Morgan fingerprint density at radius 3 is 2.09 bits per heavy atom. The van der Waals surface area contributed by atoms with Crippen molar-refractivity contribution in [3.05, 3.63) is 0 Å². The minimum atomic E-state index is -3.11. The van der Waals surface area contributed by atoms with Crippen LogP contribution in [0.4, 0.5) is 0 Å². The highest BCUT2D eigenvalue weighted by molar-refractivity contribution is 7.89. The van der Waals surface area contributed by atoms with Crippen LogP contribution in [0.1, 0.15) is 34.1 Å². The minimum Gasteiger partial charge on any atom is -0.341 e. The maximum absolute atomic E-state index is 12.8. The molecule has 0 aromatic rings. The maximum atomic E-state index is 12.8. The molecule has 3 unspecified atom stereocenters. The second-order valence-electron chi connectivity index (χ2n) is 7.20. The summed E-state index contributed by atoms with van der Waals surface area (Å²) in [5.74, 6) is 1.45. The third-order valence-electron chi connectivity index (χ3n) is 5.12. The Morgan fingerprint density at radius 2 is 1.61 bits per heavy atom. The molecule has 2 aliphatic heterocycles. The highest BCUT2D eigenvalue weighted by Gasteiger charge is 2.33. The van der Waals surface area contributed by atoms with Crippen molar-refractivity contribution in [3.8, 4) is 0 Å². The van der Waals surface area contributed by atoms with Crippen LogP contribution in [0, 0.1) is 11.8 Å². The van der Waals surface area contributed by atoms with Crippen molar-refractivity contribution in [2.45, 2.75) is 40.2 Å². The van der Waals surface area contributed by atoms with E-state index in [0.29, 0.717) is 38.0 Å². The largest absolute Gasteiger partial charge is 0.341 e. The number of hydrogen-bond donors (Lipinski definition) is 0. The second kappa shape index (κ2) is 7.49. The molecule has 2 rings (SSSR count). The van der Waals surface area contributed by atoms with Crippen molar-refractivity contribution >= 4 is 15.9 Å². The Kier molecular flexibility index (Phi) is 6.08. The zero-order chi connectivity index (χ0) is 17.2. The Bertz CT molecular complexity index is 505. The summed E-state index contributed by atoms with van der Waals surface area (Å²) in [6.07, 6.45) is 1.19. The first-order valence-electron chi connectivity index (χ1n) is 8.75. The van der Waals surface area contributed by atoms with Gasteiger partial charge in [0.1, 0.15) is 0 Å². The number of amides is 1. The number of hydrogen-bond acceptors (Lipinski definition) is 4. The van der Waals surface area contributed by atoms with Gasteiger partial charge in [0.15, 0.2) is 0 Å². The van der Waals surface area contributed by atoms with E-state index in [9.17, 15) is 13.2 Å². The standard InChI is InChI=1S/C16H31N3O3S/c1-5-23(21,22)19-8-6-17(7-9-19)15(4)16(20)18-11-13(2)10-14(3)12-18/h13-15H,5-12H2,1-4H3. The fraction of sp³-hybridized carbons (Fsp3) is 0.938. The molecule has 3 atom stereocenters. The molecule has 0 bridgehead atoms. The molecule has 7 heteroatoms. The van der Waals surface area contributed by atoms with E-state index in [1.54, 1.807) is 11.2 Å². The molecule has 2 saturated heterocycles. The molecular weight excluding hydrogens is 314 g/mol. The third kappa shape index (κ3) is 4.45. The van der Waals surface area contributed by atoms with Crippen molar-refractivity contribution in [1.82, 2.24) is 14.1 Å². The zero-order valence-corrected chi connectivity index (χ0v) is 15.7. The molecular formula is C16H31N3O3S. The van der Waals surface area contributed by atoms with Gasteiger partial charge in [-0.25, -0.2) is 8.42 Å². The molecule has 0 spiro atoms. The summed E-state index contributed by atoms with van der Waals surface area (Å²) in [4.78, 5) is 16.9. The average Bonchev–Trinajstić information content (AvgIpc) is 2.52. The van der Waals surface area contributed by atoms with Crippen molar-refractivity contribution in [3.63, 3.8) is 0 Å². The van der Waals surface area contributed by atoms with Crippen LogP contribution in [0.15, 0.2) is 0 Å². The van der Waals surface area contributed by atoms with E-state index < -0.39 is 10.0 Å². The summed E-state index contributed by atoms with van der Waals surface area (Å²) in [5.41, 5.74) is 0. The molecule has 23 heavy (non-hydrogen) atoms. The van der Waals surface area contributed by atoms with E-state index in [4.69, 9.17) is 0 Å². The van der Waals surface area contributed by atoms with Gasteiger partial charge in [0, 0.05) is 39.3 Å². The van der Waals surface area contributed by atoms with Gasteiger partial charge < -0.3 is 4.90 Å². The summed E-state index contributed by atoms with van der Waals surface area (Å²) in [5, 5.41) is 0. The monoisotopic (exact) mass is 345 g/mol. The van der Waals surface area contributed by atoms with Gasteiger partial charge in [-0.05, 0) is 32.1 Å². The van der Waals surface area contributed by atoms with Crippen LogP contribution in [0.25, 0.3) is 0 Å². The summed E-state index contributed by atoms with van der Waals surface area (Å²) in [7, 11) is -3.11. The Morgan fingerprint density at radius 1 is 1.09 bits per heavy atom. The lowest BCUT2D eigenvalue weighted by Gasteiger charge is -2.41. The van der Waals surface area contributed by atoms with E-state index in [2.05, 4.69) is 18.7 Å². The Balaban J connectivity index is 1.91. The predicted octanol–water partition coefficient (Wildman–Crippen LogP) is 0.847. The van der Waals surface area contributed by atoms with Crippen LogP contribution >= 0.6 is 0 Å². The number of carbonyl (C=O) groups is 1. The van der Waals surface area contributed by atoms with E-state index in [0.717, 1.165) is 13.1 Å². The number of carbonyl (C=O) groups excluding carboxylic acids is 1. The molecule has 2 aliphatic rings. The molecule has 0 aromatic carbocycles. The van der Waals surface area contributed by atoms with Crippen LogP contribution in [0.3, 0.4) is 0 Å². The lowest BCUT2D eigenvalue weighted by molar-refractivity contribution is -0.139. The normalized spacial score (nSPS) is 29.5. The van der Waals surface area contributed by atoms with Gasteiger partial charge in [0.2, 0.25) is 15.9 Å². The number of likely N-dealkylation sites (tertiary alicyclic amines) is 1. The van der Waals surface area contributed by atoms with Crippen LogP contribution in [-0.4, -0.2) is 79.5 Å². The number of piperidine rings is 1. The fourth-order valence-corrected chi connectivity index (χ4v) is 4.90. The quantitative estimate of drug-likeness (QED) is 0.758. The first kappa shape index (κ1) is 18.7. The fourth-order valence-electron chi connectivity index (χ4n) is 3.81. The number of rotatable bonds is 4. The van der Waals surface area contributed by atoms with Crippen LogP contribution in [-0.2, 0) is 14.8 Å². The summed E-state index contributed by atoms with van der Waals surface area (Å²) >= 11 is 0. The molecule has 1 amide bonds. The number of piperazine rings is 1. The summed E-state index contributed by atoms with van der Waals surface area (Å²) < 4.78 is 25.4. The van der Waals surface area contributed by atoms with E-state index in [-0.39, 0.29) is 17.7 Å². The average molecular weight is 346 g/mol. The van der Waals surface area contributed by atoms with Gasteiger partial charge in [-0.2, -0.15) is 4.31 Å². The van der Waals surface area contributed by atoms with Crippen molar-refractivity contribution < 1.29 is 13.2 Å². The van der Waals surface area contributed by atoms with Crippen molar-refractivity contribution in [2.75, 3.05) is 45.0 Å². The number of nitrogens with zero attached hydrogens (tertiary/aromatic N) is 3. The first-order valence-corrected chi connectivity index (χ1v) is 10.4. The summed E-state index contributed by atoms with van der Waals surface area (Å²) in [6.45, 7) is 12.0. The molecule has 6 nitrogen and oxygen atoms in total. The molecule has 0 N–H and O–H groups in total. The van der Waals surface area contributed by atoms with Gasteiger partial charge in [0.05, 0.1) is 11.8 Å². The molecule has 2 fully saturated rings. The van der Waals surface area contributed by atoms with Gasteiger partial charge in [-0.15, -0.1) is 0 Å². The van der Waals surface area contributed by atoms with Crippen molar-refractivity contribution in [2.24, 2.45) is 11.8 Å². The van der Waals surface area contributed by atoms with Crippen LogP contribution in [0.2, 0.25) is 0 Å². The van der Waals surface area contributed by atoms with Gasteiger partial charge in [0.25, 0.3) is 0 Å². The maximum Gasteiger partial charge on any atom is 0.239 e. The Labute approximate surface area is 140 Å². The van der Waals surface area contributed by atoms with E-state index >= 15 is 0 Å². The third-order valence-corrected chi connectivity index (χ3v) is 7.00. The predicted molar refractivity (Wildman–Crippen MR) is 91.6 cm³/mol. The minimum absolute atomic E-state index is 0.144. The van der Waals surface area contributed by atoms with Crippen LogP contribution in [0.5, 0.6) is 0 Å². The molecule has 0 saturated carbocycles. The Hall–Kier alpha value is -0.660. The van der Waals surface area contributed by atoms with Crippen LogP contribution < -0.4 is 0 Å². The number of sulfonamides is 1. The van der Waals surface area contributed by atoms with E-state index in [1.807, 2.05) is 11.8 Å². The zero-order valence-electron chi connectivity index (χ0n) is 14.9. The smallest absolute Gasteiger partial charge is 0.239 e. The SMILES string of the molecule is CCS(=O)(=O)N1CCN(C(C)C(=O)N2CC(C)CC(C)C2)CC1. The molecule has 0 aliphatic carbocycles. The van der Waals surface area contributed by atoms with Gasteiger partial charge in [-0.1, -0.05) is 13.8 Å². The molecule has 134 valence electrons. The highest BCUT2D eigenvalue weighted by Crippen LogP contribution is 2.22. The lowest BCUT2D eigenvalue weighted by atomic mass is 9.91. The first-order chi connectivity index (χ1) is 10.7. The lowest BCUT2D eigenvalue weighted by Crippen LogP contribution is -2.57. The summed E-state index contributed by atoms with van der Waals surface area (Å²) in [6, 6.07) is -0.168. The van der Waals surface area contributed by atoms with Crippen molar-refractivity contribution in [1.29, 1.82) is 0 Å². The molecule has 0 radical (unpaired) electrons.